The molecule has 1 aliphatic carbocycles. The lowest BCUT2D eigenvalue weighted by molar-refractivity contribution is 0.478. The molecule has 1 fully saturated rings. The molecule has 3 heteroatoms. The summed E-state index contributed by atoms with van der Waals surface area (Å²) < 4.78 is 0. The van der Waals surface area contributed by atoms with E-state index in [1.807, 2.05) is 18.2 Å². The molecule has 0 spiro atoms. The van der Waals surface area contributed by atoms with E-state index in [9.17, 15) is 0 Å². The summed E-state index contributed by atoms with van der Waals surface area (Å²) in [5.74, 6) is 0. The average molecular weight is 254 g/mol. The quantitative estimate of drug-likeness (QED) is 0.672. The molecule has 0 heterocycles. The molecule has 0 radical (unpaired) electrons. The highest BCUT2D eigenvalue weighted by molar-refractivity contribution is 6.42. The van der Waals surface area contributed by atoms with Crippen LogP contribution in [0.25, 0.3) is 4.85 Å². The van der Waals surface area contributed by atoms with Crippen LogP contribution < -0.4 is 0 Å². The SMILES string of the molecule is [C-]#[N+]CC1(c2ccc(Cl)c(Cl)c2)CCCC1. The van der Waals surface area contributed by atoms with Crippen LogP contribution in [0.1, 0.15) is 31.2 Å². The van der Waals surface area contributed by atoms with Crippen LogP contribution in [0, 0.1) is 6.57 Å². The minimum Gasteiger partial charge on any atom is -0.316 e. The smallest absolute Gasteiger partial charge is 0.224 e. The Labute approximate surface area is 106 Å². The van der Waals surface area contributed by atoms with Gasteiger partial charge in [0.05, 0.1) is 15.5 Å². The van der Waals surface area contributed by atoms with Crippen LogP contribution in [0.15, 0.2) is 18.2 Å². The van der Waals surface area contributed by atoms with Crippen molar-refractivity contribution in [3.63, 3.8) is 0 Å². The molecule has 0 aromatic heterocycles. The first kappa shape index (κ1) is 11.8. The van der Waals surface area contributed by atoms with Crippen molar-refractivity contribution in [2.24, 2.45) is 0 Å². The van der Waals surface area contributed by atoms with Crippen LogP contribution in [-0.2, 0) is 5.41 Å². The molecule has 0 atom stereocenters. The van der Waals surface area contributed by atoms with E-state index in [1.165, 1.54) is 18.4 Å². The van der Waals surface area contributed by atoms with E-state index < -0.39 is 0 Å². The van der Waals surface area contributed by atoms with Crippen LogP contribution in [0.2, 0.25) is 10.0 Å². The Morgan fingerprint density at radius 1 is 1.19 bits per heavy atom. The van der Waals surface area contributed by atoms with E-state index in [4.69, 9.17) is 29.8 Å². The molecular weight excluding hydrogens is 241 g/mol. The average Bonchev–Trinajstić information content (AvgIpc) is 2.72. The maximum Gasteiger partial charge on any atom is 0.224 e. The van der Waals surface area contributed by atoms with Crippen molar-refractivity contribution >= 4 is 23.2 Å². The van der Waals surface area contributed by atoms with E-state index in [0.717, 1.165) is 12.8 Å². The highest BCUT2D eigenvalue weighted by Crippen LogP contribution is 2.42. The Morgan fingerprint density at radius 3 is 2.44 bits per heavy atom. The highest BCUT2D eigenvalue weighted by Gasteiger charge is 2.38. The van der Waals surface area contributed by atoms with Crippen molar-refractivity contribution < 1.29 is 0 Å². The van der Waals surface area contributed by atoms with E-state index in [-0.39, 0.29) is 5.41 Å². The molecule has 1 saturated carbocycles. The fourth-order valence-electron chi connectivity index (χ4n) is 2.57. The van der Waals surface area contributed by atoms with Gasteiger partial charge in [-0.15, -0.1) is 0 Å². The third kappa shape index (κ3) is 2.05. The number of hydrogen-bond acceptors (Lipinski definition) is 0. The minimum absolute atomic E-state index is 0.0238. The first-order chi connectivity index (χ1) is 7.68. The number of nitrogens with zero attached hydrogens (tertiary/aromatic N) is 1. The third-order valence-corrected chi connectivity index (χ3v) is 4.21. The largest absolute Gasteiger partial charge is 0.316 e. The van der Waals surface area contributed by atoms with Gasteiger partial charge in [0.25, 0.3) is 0 Å². The van der Waals surface area contributed by atoms with Gasteiger partial charge in [0.1, 0.15) is 0 Å². The lowest BCUT2D eigenvalue weighted by Gasteiger charge is -2.23. The van der Waals surface area contributed by atoms with Crippen LogP contribution in [0.4, 0.5) is 0 Å². The summed E-state index contributed by atoms with van der Waals surface area (Å²) in [4.78, 5) is 3.59. The van der Waals surface area contributed by atoms with Crippen LogP contribution in [-0.4, -0.2) is 6.54 Å². The normalized spacial score (nSPS) is 18.3. The van der Waals surface area contributed by atoms with Gasteiger partial charge in [0, 0.05) is 0 Å². The van der Waals surface area contributed by atoms with Gasteiger partial charge >= 0.3 is 0 Å². The van der Waals surface area contributed by atoms with Gasteiger partial charge in [-0.05, 0) is 30.5 Å². The van der Waals surface area contributed by atoms with Crippen molar-refractivity contribution in [1.82, 2.24) is 0 Å². The van der Waals surface area contributed by atoms with Gasteiger partial charge in [-0.2, -0.15) is 0 Å². The first-order valence-corrected chi connectivity index (χ1v) is 6.22. The minimum atomic E-state index is 0.0238. The summed E-state index contributed by atoms with van der Waals surface area (Å²) in [6.07, 6.45) is 4.59. The monoisotopic (exact) mass is 253 g/mol. The maximum absolute atomic E-state index is 7.10. The fraction of sp³-hybridized carbons (Fsp3) is 0.462. The first-order valence-electron chi connectivity index (χ1n) is 5.47. The van der Waals surface area contributed by atoms with Crippen LogP contribution in [0.5, 0.6) is 0 Å². The van der Waals surface area contributed by atoms with E-state index >= 15 is 0 Å². The summed E-state index contributed by atoms with van der Waals surface area (Å²) >= 11 is 12.0. The Hall–Kier alpha value is -0.710. The molecule has 0 unspecified atom stereocenters. The second-order valence-electron chi connectivity index (χ2n) is 4.43. The Kier molecular flexibility index (Phi) is 3.42. The zero-order valence-corrected chi connectivity index (χ0v) is 10.5. The van der Waals surface area contributed by atoms with Crippen LogP contribution in [0.3, 0.4) is 0 Å². The molecule has 1 aromatic carbocycles. The lowest BCUT2D eigenvalue weighted by atomic mass is 9.79. The van der Waals surface area contributed by atoms with Gasteiger partial charge in [0.2, 0.25) is 6.54 Å². The molecule has 2 rings (SSSR count). The zero-order chi connectivity index (χ0) is 11.6. The molecular formula is C13H13Cl2N. The predicted molar refractivity (Wildman–Crippen MR) is 68.1 cm³/mol. The Balaban J connectivity index is 2.40. The van der Waals surface area contributed by atoms with E-state index in [0.29, 0.717) is 16.6 Å². The van der Waals surface area contributed by atoms with Gasteiger partial charge in [0.15, 0.2) is 0 Å². The molecule has 0 saturated heterocycles. The van der Waals surface area contributed by atoms with E-state index in [1.54, 1.807) is 0 Å². The Morgan fingerprint density at radius 2 is 1.88 bits per heavy atom. The number of hydrogen-bond donors (Lipinski definition) is 0. The summed E-state index contributed by atoms with van der Waals surface area (Å²) in [7, 11) is 0. The van der Waals surface area contributed by atoms with Crippen molar-refractivity contribution in [3.8, 4) is 0 Å². The number of halogens is 2. The second kappa shape index (κ2) is 4.65. The van der Waals surface area contributed by atoms with Gasteiger partial charge in [-0.25, -0.2) is 6.57 Å². The summed E-state index contributed by atoms with van der Waals surface area (Å²) in [6.45, 7) is 7.66. The van der Waals surface area contributed by atoms with E-state index in [2.05, 4.69) is 4.85 Å². The molecule has 1 aromatic rings. The Bertz CT molecular complexity index is 428. The molecule has 1 nitrogen and oxygen atoms in total. The molecule has 84 valence electrons. The predicted octanol–water partition coefficient (Wildman–Crippen LogP) is 4.72. The van der Waals surface area contributed by atoms with Gasteiger partial charge < -0.3 is 4.85 Å². The van der Waals surface area contributed by atoms with Gasteiger partial charge in [-0.3, -0.25) is 0 Å². The van der Waals surface area contributed by atoms with Crippen molar-refractivity contribution in [3.05, 3.63) is 45.2 Å². The van der Waals surface area contributed by atoms with Crippen molar-refractivity contribution in [2.75, 3.05) is 6.54 Å². The highest BCUT2D eigenvalue weighted by atomic mass is 35.5. The summed E-state index contributed by atoms with van der Waals surface area (Å²) in [6, 6.07) is 5.79. The standard InChI is InChI=1S/C13H13Cl2N/c1-16-9-13(6-2-3-7-13)10-4-5-11(14)12(15)8-10/h4-5,8H,2-3,6-7,9H2. The second-order valence-corrected chi connectivity index (χ2v) is 5.25. The van der Waals surface area contributed by atoms with Gasteiger partial charge in [-0.1, -0.05) is 42.1 Å². The topological polar surface area (TPSA) is 4.36 Å². The zero-order valence-electron chi connectivity index (χ0n) is 8.97. The lowest BCUT2D eigenvalue weighted by Crippen LogP contribution is -2.25. The number of benzene rings is 1. The summed E-state index contributed by atoms with van der Waals surface area (Å²) in [5.41, 5.74) is 1.20. The van der Waals surface area contributed by atoms with Crippen LogP contribution >= 0.6 is 23.2 Å². The fourth-order valence-corrected chi connectivity index (χ4v) is 2.87. The molecule has 0 amide bonds. The maximum atomic E-state index is 7.10. The third-order valence-electron chi connectivity index (χ3n) is 3.47. The molecule has 0 bridgehead atoms. The number of rotatable bonds is 2. The molecule has 16 heavy (non-hydrogen) atoms. The van der Waals surface area contributed by atoms with Crippen molar-refractivity contribution in [2.45, 2.75) is 31.1 Å². The molecule has 0 N–H and O–H groups in total. The summed E-state index contributed by atoms with van der Waals surface area (Å²) in [5, 5.41) is 1.18. The molecule has 0 aliphatic heterocycles. The van der Waals surface area contributed by atoms with Crippen molar-refractivity contribution in [1.29, 1.82) is 0 Å². The molecule has 1 aliphatic rings.